The first-order valence-corrected chi connectivity index (χ1v) is 12.2. The maximum absolute atomic E-state index is 11.0. The molecule has 0 saturated heterocycles. The van der Waals surface area contributed by atoms with Crippen molar-refractivity contribution in [3.63, 3.8) is 0 Å². The Morgan fingerprint density at radius 1 is 0.828 bits per heavy atom. The molecule has 2 atom stereocenters. The smallest absolute Gasteiger partial charge is 0.305 e. The highest BCUT2D eigenvalue weighted by Gasteiger charge is 2.09. The molecule has 0 unspecified atom stereocenters. The van der Waals surface area contributed by atoms with Crippen LogP contribution < -0.4 is 0 Å². The molecule has 4 heteroatoms. The van der Waals surface area contributed by atoms with Crippen molar-refractivity contribution in [2.75, 3.05) is 7.11 Å². The van der Waals surface area contributed by atoms with Gasteiger partial charge in [-0.15, -0.1) is 0 Å². The molecule has 0 fully saturated rings. The fourth-order valence-corrected chi connectivity index (χ4v) is 3.58. The van der Waals surface area contributed by atoms with E-state index in [1.807, 2.05) is 12.2 Å². The summed E-state index contributed by atoms with van der Waals surface area (Å²) >= 11 is 0. The number of allylic oxidation sites excluding steroid dienone is 1. The fraction of sp³-hybridized carbons (Fsp3) is 0.880. The number of esters is 1. The molecule has 0 aromatic carbocycles. The van der Waals surface area contributed by atoms with Gasteiger partial charge >= 0.3 is 5.97 Å². The number of methoxy groups -OCH3 is 1. The number of carbonyl (C=O) groups excluding carboxylic acids is 1. The predicted octanol–water partition coefficient (Wildman–Crippen LogP) is 6.48. The summed E-state index contributed by atoms with van der Waals surface area (Å²) < 4.78 is 4.62. The van der Waals surface area contributed by atoms with Crippen molar-refractivity contribution < 1.29 is 19.7 Å². The number of carbonyl (C=O) groups is 1. The molecule has 0 aliphatic rings. The maximum Gasteiger partial charge on any atom is 0.305 e. The van der Waals surface area contributed by atoms with E-state index in [-0.39, 0.29) is 5.97 Å². The van der Waals surface area contributed by atoms with Crippen LogP contribution in [-0.2, 0) is 9.53 Å². The average Bonchev–Trinajstić information content (AvgIpc) is 2.71. The highest BCUT2D eigenvalue weighted by Crippen LogP contribution is 2.14. The zero-order chi connectivity index (χ0) is 21.6. The number of hydrogen-bond donors (Lipinski definition) is 2. The van der Waals surface area contributed by atoms with E-state index in [2.05, 4.69) is 11.7 Å². The van der Waals surface area contributed by atoms with Gasteiger partial charge in [-0.1, -0.05) is 96.1 Å². The lowest BCUT2D eigenvalue weighted by Crippen LogP contribution is -2.15. The third kappa shape index (κ3) is 21.7. The number of aliphatic hydroxyl groups is 2. The molecular weight excluding hydrogens is 364 g/mol. The van der Waals surface area contributed by atoms with E-state index in [9.17, 15) is 15.0 Å². The number of ether oxygens (including phenoxy) is 1. The maximum atomic E-state index is 11.0. The van der Waals surface area contributed by atoms with Crippen LogP contribution in [0.2, 0.25) is 0 Å². The van der Waals surface area contributed by atoms with Crippen molar-refractivity contribution in [2.24, 2.45) is 0 Å². The Bertz CT molecular complexity index is 381. The molecule has 4 nitrogen and oxygen atoms in total. The van der Waals surface area contributed by atoms with E-state index >= 15 is 0 Å². The Morgan fingerprint density at radius 3 is 2.00 bits per heavy atom. The van der Waals surface area contributed by atoms with Crippen LogP contribution in [-0.4, -0.2) is 35.5 Å². The lowest BCUT2D eigenvalue weighted by molar-refractivity contribution is -0.140. The molecule has 0 aliphatic heterocycles. The van der Waals surface area contributed by atoms with Crippen molar-refractivity contribution in [3.05, 3.63) is 12.2 Å². The number of unbranched alkanes of at least 4 members (excludes halogenated alkanes) is 13. The van der Waals surface area contributed by atoms with Gasteiger partial charge in [0.1, 0.15) is 0 Å². The third-order valence-corrected chi connectivity index (χ3v) is 5.49. The Kier molecular flexibility index (Phi) is 21.2. The van der Waals surface area contributed by atoms with Gasteiger partial charge in [-0.2, -0.15) is 0 Å². The molecule has 0 amide bonds. The first-order chi connectivity index (χ1) is 14.1. The molecule has 2 N–H and O–H groups in total. The summed E-state index contributed by atoms with van der Waals surface area (Å²) in [5, 5.41) is 20.1. The van der Waals surface area contributed by atoms with E-state index in [4.69, 9.17) is 0 Å². The van der Waals surface area contributed by atoms with Crippen molar-refractivity contribution >= 4 is 5.97 Å². The number of aliphatic hydroxyl groups excluding tert-OH is 2. The first kappa shape index (κ1) is 28.1. The van der Waals surface area contributed by atoms with Crippen molar-refractivity contribution in [1.82, 2.24) is 0 Å². The van der Waals surface area contributed by atoms with Gasteiger partial charge in [0, 0.05) is 12.8 Å². The molecule has 0 rings (SSSR count). The monoisotopic (exact) mass is 412 g/mol. The summed E-state index contributed by atoms with van der Waals surface area (Å²) in [5.41, 5.74) is 0. The lowest BCUT2D eigenvalue weighted by atomic mass is 10.0. The predicted molar refractivity (Wildman–Crippen MR) is 122 cm³/mol. The van der Waals surface area contributed by atoms with Gasteiger partial charge in [-0.25, -0.2) is 0 Å². The molecule has 0 saturated carbocycles. The molecular formula is C25H48O4. The lowest BCUT2D eigenvalue weighted by Gasteiger charge is -2.13. The van der Waals surface area contributed by atoms with Gasteiger partial charge in [-0.3, -0.25) is 4.79 Å². The summed E-state index contributed by atoms with van der Waals surface area (Å²) in [4.78, 5) is 11.0. The normalized spacial score (nSPS) is 13.7. The van der Waals surface area contributed by atoms with Crippen molar-refractivity contribution in [3.8, 4) is 0 Å². The Morgan fingerprint density at radius 2 is 1.38 bits per heavy atom. The van der Waals surface area contributed by atoms with Crippen LogP contribution in [0.1, 0.15) is 122 Å². The van der Waals surface area contributed by atoms with E-state index in [1.54, 1.807) is 0 Å². The van der Waals surface area contributed by atoms with Crippen molar-refractivity contribution in [1.29, 1.82) is 0 Å². The summed E-state index contributed by atoms with van der Waals surface area (Å²) in [7, 11) is 1.43. The zero-order valence-electron chi connectivity index (χ0n) is 19.2. The van der Waals surface area contributed by atoms with Crippen LogP contribution in [0.25, 0.3) is 0 Å². The molecule has 29 heavy (non-hydrogen) atoms. The largest absolute Gasteiger partial charge is 0.469 e. The van der Waals surface area contributed by atoms with Gasteiger partial charge in [0.05, 0.1) is 19.3 Å². The van der Waals surface area contributed by atoms with Gasteiger partial charge < -0.3 is 14.9 Å². The molecule has 0 radical (unpaired) electrons. The summed E-state index contributed by atoms with van der Waals surface area (Å²) in [5.74, 6) is -0.123. The van der Waals surface area contributed by atoms with Crippen LogP contribution in [0.15, 0.2) is 12.2 Å². The molecule has 0 aromatic rings. The van der Waals surface area contributed by atoms with Crippen molar-refractivity contribution in [2.45, 2.75) is 135 Å². The Hall–Kier alpha value is -0.870. The highest BCUT2D eigenvalue weighted by molar-refractivity contribution is 5.68. The first-order valence-electron chi connectivity index (χ1n) is 12.2. The zero-order valence-corrected chi connectivity index (χ0v) is 19.2. The molecule has 0 aromatic heterocycles. The summed E-state index contributed by atoms with van der Waals surface area (Å²) in [6.45, 7) is 2.25. The minimum atomic E-state index is -0.538. The van der Waals surface area contributed by atoms with Crippen LogP contribution in [0.5, 0.6) is 0 Å². The number of rotatable bonds is 21. The topological polar surface area (TPSA) is 66.8 Å². The second-order valence-corrected chi connectivity index (χ2v) is 8.38. The molecule has 0 aliphatic carbocycles. The van der Waals surface area contributed by atoms with Crippen LogP contribution in [0.4, 0.5) is 0 Å². The Labute approximate surface area is 180 Å². The van der Waals surface area contributed by atoms with Gasteiger partial charge in [-0.05, 0) is 25.7 Å². The van der Waals surface area contributed by atoms with E-state index in [0.29, 0.717) is 12.8 Å². The SMILES string of the molecule is CCCCCCCCCCC[C@H](O)C[C@@H](O)/C=C/CCCCCCCC(=O)OC. The van der Waals surface area contributed by atoms with Crippen LogP contribution in [0, 0.1) is 0 Å². The van der Waals surface area contributed by atoms with E-state index < -0.39 is 12.2 Å². The Balaban J connectivity index is 3.45. The quantitative estimate of drug-likeness (QED) is 0.129. The van der Waals surface area contributed by atoms with Gasteiger partial charge in [0.2, 0.25) is 0 Å². The van der Waals surface area contributed by atoms with Crippen LogP contribution in [0.3, 0.4) is 0 Å². The molecule has 0 spiro atoms. The summed E-state index contributed by atoms with van der Waals surface area (Å²) in [6.07, 6.45) is 22.6. The van der Waals surface area contributed by atoms with Gasteiger partial charge in [0.15, 0.2) is 0 Å². The average molecular weight is 413 g/mol. The van der Waals surface area contributed by atoms with Gasteiger partial charge in [0.25, 0.3) is 0 Å². The molecule has 172 valence electrons. The third-order valence-electron chi connectivity index (χ3n) is 5.49. The second kappa shape index (κ2) is 21.8. The fourth-order valence-electron chi connectivity index (χ4n) is 3.58. The number of hydrogen-bond acceptors (Lipinski definition) is 4. The highest BCUT2D eigenvalue weighted by atomic mass is 16.5. The van der Waals surface area contributed by atoms with E-state index in [0.717, 1.165) is 51.4 Å². The standard InChI is InChI=1S/C25H48O4/c1-3-4-5-6-7-8-10-13-16-19-23(26)22-24(27)20-17-14-11-9-12-15-18-21-25(28)29-2/h17,20,23-24,26-27H,3-16,18-19,21-22H2,1-2H3/b20-17+/t23-,24-/m0/s1. The molecule has 0 heterocycles. The molecule has 0 bridgehead atoms. The minimum Gasteiger partial charge on any atom is -0.469 e. The summed E-state index contributed by atoms with van der Waals surface area (Å²) in [6, 6.07) is 0. The minimum absolute atomic E-state index is 0.123. The van der Waals surface area contributed by atoms with E-state index in [1.165, 1.54) is 58.5 Å². The second-order valence-electron chi connectivity index (χ2n) is 8.38. The van der Waals surface area contributed by atoms with Crippen LogP contribution >= 0.6 is 0 Å².